The van der Waals surface area contributed by atoms with Crippen LogP contribution in [-0.2, 0) is 4.74 Å². The van der Waals surface area contributed by atoms with Crippen LogP contribution < -0.4 is 5.32 Å². The van der Waals surface area contributed by atoms with Crippen LogP contribution in [0.25, 0.3) is 0 Å². The summed E-state index contributed by atoms with van der Waals surface area (Å²) >= 11 is 0. The fourth-order valence-corrected chi connectivity index (χ4v) is 3.15. The number of ether oxygens (including phenoxy) is 1. The van der Waals surface area contributed by atoms with Crippen molar-refractivity contribution < 1.29 is 4.74 Å². The molecule has 1 N–H and O–H groups in total. The average molecular weight is 263 g/mol. The van der Waals surface area contributed by atoms with E-state index in [1.165, 1.54) is 12.8 Å². The fraction of sp³-hybridized carbons (Fsp3) is 0.800. The molecule has 0 radical (unpaired) electrons. The van der Waals surface area contributed by atoms with E-state index in [0.717, 1.165) is 38.2 Å². The van der Waals surface area contributed by atoms with Crippen molar-refractivity contribution in [1.29, 1.82) is 0 Å². The second-order valence-corrected chi connectivity index (χ2v) is 5.96. The van der Waals surface area contributed by atoms with Gasteiger partial charge in [-0.3, -0.25) is 0 Å². The first-order chi connectivity index (χ1) is 9.26. The Balaban J connectivity index is 1.67. The zero-order valence-electron chi connectivity index (χ0n) is 12.1. The van der Waals surface area contributed by atoms with Crippen LogP contribution in [-0.4, -0.2) is 27.8 Å². The van der Waals surface area contributed by atoms with Gasteiger partial charge in [-0.25, -0.2) is 4.98 Å². The number of rotatable bonds is 5. The summed E-state index contributed by atoms with van der Waals surface area (Å²) in [5, 5.41) is 3.65. The molecule has 106 valence electrons. The molecule has 1 aromatic heterocycles. The number of imidazole rings is 1. The predicted molar refractivity (Wildman–Crippen MR) is 76.4 cm³/mol. The van der Waals surface area contributed by atoms with Gasteiger partial charge in [0.1, 0.15) is 0 Å². The SMILES string of the molecule is CCC1(CC)CC(Nc2nccn2C2CC2)CCO1. The van der Waals surface area contributed by atoms with Gasteiger partial charge in [0.05, 0.1) is 5.60 Å². The molecule has 2 fully saturated rings. The average Bonchev–Trinajstić information content (AvgIpc) is 3.20. The van der Waals surface area contributed by atoms with E-state index in [-0.39, 0.29) is 5.60 Å². The molecule has 1 aliphatic heterocycles. The Morgan fingerprint density at radius 2 is 2.16 bits per heavy atom. The van der Waals surface area contributed by atoms with Crippen LogP contribution >= 0.6 is 0 Å². The Bertz CT molecular complexity index is 421. The summed E-state index contributed by atoms with van der Waals surface area (Å²) in [6, 6.07) is 1.18. The lowest BCUT2D eigenvalue weighted by molar-refractivity contribution is -0.0865. The van der Waals surface area contributed by atoms with E-state index >= 15 is 0 Å². The molecule has 1 saturated heterocycles. The third kappa shape index (κ3) is 2.64. The largest absolute Gasteiger partial charge is 0.375 e. The van der Waals surface area contributed by atoms with Crippen molar-refractivity contribution in [3.8, 4) is 0 Å². The zero-order valence-corrected chi connectivity index (χ0v) is 12.1. The van der Waals surface area contributed by atoms with Crippen LogP contribution in [0.15, 0.2) is 12.4 Å². The Morgan fingerprint density at radius 1 is 1.37 bits per heavy atom. The number of nitrogens with one attached hydrogen (secondary N) is 1. The van der Waals surface area contributed by atoms with Gasteiger partial charge in [-0.2, -0.15) is 0 Å². The highest BCUT2D eigenvalue weighted by Crippen LogP contribution is 2.38. The topological polar surface area (TPSA) is 39.1 Å². The molecule has 0 amide bonds. The van der Waals surface area contributed by atoms with E-state index < -0.39 is 0 Å². The number of aromatic nitrogens is 2. The summed E-state index contributed by atoms with van der Waals surface area (Å²) in [5.74, 6) is 1.05. The van der Waals surface area contributed by atoms with Crippen molar-refractivity contribution in [2.45, 2.75) is 70.1 Å². The molecule has 1 saturated carbocycles. The summed E-state index contributed by atoms with van der Waals surface area (Å²) in [7, 11) is 0. The number of nitrogens with zero attached hydrogens (tertiary/aromatic N) is 2. The lowest BCUT2D eigenvalue weighted by Crippen LogP contribution is -2.44. The Kier molecular flexibility index (Phi) is 3.52. The maximum Gasteiger partial charge on any atom is 0.203 e. The van der Waals surface area contributed by atoms with Crippen molar-refractivity contribution in [3.63, 3.8) is 0 Å². The van der Waals surface area contributed by atoms with Gasteiger partial charge >= 0.3 is 0 Å². The van der Waals surface area contributed by atoms with Gasteiger partial charge in [-0.05, 0) is 38.5 Å². The molecule has 0 bridgehead atoms. The minimum absolute atomic E-state index is 0.0763. The first-order valence-electron chi connectivity index (χ1n) is 7.69. The highest BCUT2D eigenvalue weighted by atomic mass is 16.5. The van der Waals surface area contributed by atoms with Crippen molar-refractivity contribution >= 4 is 5.95 Å². The number of anilines is 1. The molecule has 4 heteroatoms. The summed E-state index contributed by atoms with van der Waals surface area (Å²) in [6.07, 6.45) is 11.0. The van der Waals surface area contributed by atoms with E-state index in [2.05, 4.69) is 34.9 Å². The molecule has 4 nitrogen and oxygen atoms in total. The highest BCUT2D eigenvalue weighted by Gasteiger charge is 2.35. The van der Waals surface area contributed by atoms with Crippen LogP contribution in [0.5, 0.6) is 0 Å². The van der Waals surface area contributed by atoms with Crippen LogP contribution in [0.1, 0.15) is 58.4 Å². The molecule has 1 aromatic rings. The van der Waals surface area contributed by atoms with Crippen LogP contribution in [0.2, 0.25) is 0 Å². The van der Waals surface area contributed by atoms with Crippen molar-refractivity contribution in [1.82, 2.24) is 9.55 Å². The van der Waals surface area contributed by atoms with Crippen molar-refractivity contribution in [3.05, 3.63) is 12.4 Å². The van der Waals surface area contributed by atoms with Gasteiger partial charge in [-0.1, -0.05) is 13.8 Å². The first kappa shape index (κ1) is 13.0. The lowest BCUT2D eigenvalue weighted by Gasteiger charge is -2.40. The standard InChI is InChI=1S/C15H25N3O/c1-3-15(4-2)11-12(7-10-19-15)17-14-16-8-9-18(14)13-5-6-13/h8-9,12-13H,3-7,10-11H2,1-2H3,(H,16,17). The third-order valence-electron chi connectivity index (χ3n) is 4.72. The normalized spacial score (nSPS) is 26.3. The highest BCUT2D eigenvalue weighted by molar-refractivity contribution is 5.30. The van der Waals surface area contributed by atoms with E-state index in [1.807, 2.05) is 6.20 Å². The van der Waals surface area contributed by atoms with Crippen LogP contribution in [0.4, 0.5) is 5.95 Å². The molecule has 0 spiro atoms. The smallest absolute Gasteiger partial charge is 0.203 e. The molecule has 1 unspecified atom stereocenters. The van der Waals surface area contributed by atoms with Gasteiger partial charge in [0.15, 0.2) is 0 Å². The Labute approximate surface area is 115 Å². The molecule has 1 aliphatic carbocycles. The third-order valence-corrected chi connectivity index (χ3v) is 4.72. The monoisotopic (exact) mass is 263 g/mol. The predicted octanol–water partition coefficient (Wildman–Crippen LogP) is 3.37. The van der Waals surface area contributed by atoms with Gasteiger partial charge in [0, 0.05) is 31.1 Å². The van der Waals surface area contributed by atoms with Crippen molar-refractivity contribution in [2.24, 2.45) is 0 Å². The van der Waals surface area contributed by atoms with Crippen LogP contribution in [0.3, 0.4) is 0 Å². The Hall–Kier alpha value is -1.03. The zero-order chi connectivity index (χ0) is 13.3. The molecule has 19 heavy (non-hydrogen) atoms. The van der Waals surface area contributed by atoms with Gasteiger partial charge < -0.3 is 14.6 Å². The van der Waals surface area contributed by atoms with E-state index in [0.29, 0.717) is 12.1 Å². The van der Waals surface area contributed by atoms with Gasteiger partial charge in [0.2, 0.25) is 5.95 Å². The second kappa shape index (κ2) is 5.16. The van der Waals surface area contributed by atoms with E-state index in [4.69, 9.17) is 4.74 Å². The lowest BCUT2D eigenvalue weighted by atomic mass is 9.86. The summed E-state index contributed by atoms with van der Waals surface area (Å²) in [4.78, 5) is 4.48. The van der Waals surface area contributed by atoms with E-state index in [9.17, 15) is 0 Å². The number of hydrogen-bond acceptors (Lipinski definition) is 3. The summed E-state index contributed by atoms with van der Waals surface area (Å²) in [6.45, 7) is 5.33. The minimum atomic E-state index is 0.0763. The molecule has 2 aliphatic rings. The molecular weight excluding hydrogens is 238 g/mol. The molecule has 1 atom stereocenters. The minimum Gasteiger partial charge on any atom is -0.375 e. The maximum absolute atomic E-state index is 6.04. The summed E-state index contributed by atoms with van der Waals surface area (Å²) < 4.78 is 8.34. The van der Waals surface area contributed by atoms with E-state index in [1.54, 1.807) is 0 Å². The van der Waals surface area contributed by atoms with Crippen LogP contribution in [0, 0.1) is 0 Å². The molecular formula is C15H25N3O. The fourth-order valence-electron chi connectivity index (χ4n) is 3.15. The molecule has 0 aromatic carbocycles. The quantitative estimate of drug-likeness (QED) is 0.885. The molecule has 2 heterocycles. The first-order valence-corrected chi connectivity index (χ1v) is 7.69. The maximum atomic E-state index is 6.04. The number of hydrogen-bond donors (Lipinski definition) is 1. The van der Waals surface area contributed by atoms with Crippen molar-refractivity contribution in [2.75, 3.05) is 11.9 Å². The Morgan fingerprint density at radius 3 is 2.84 bits per heavy atom. The molecule has 3 rings (SSSR count). The second-order valence-electron chi connectivity index (χ2n) is 5.96. The summed E-state index contributed by atoms with van der Waals surface area (Å²) in [5.41, 5.74) is 0.0763. The van der Waals surface area contributed by atoms with Gasteiger partial charge in [0.25, 0.3) is 0 Å². The van der Waals surface area contributed by atoms with Gasteiger partial charge in [-0.15, -0.1) is 0 Å².